The molecule has 16 nitrogen and oxygen atoms in total. The first kappa shape index (κ1) is 58.9. The molecule has 16 heteroatoms. The second kappa shape index (κ2) is 25.1. The highest BCUT2D eigenvalue weighted by Gasteiger charge is 2.29. The molecule has 0 saturated carbocycles. The predicted octanol–water partition coefficient (Wildman–Crippen LogP) is 8.53. The molecule has 0 amide bonds. The molecule has 4 heterocycles. The number of pyridine rings is 2. The van der Waals surface area contributed by atoms with Crippen LogP contribution in [0.5, 0.6) is 0 Å². The van der Waals surface area contributed by atoms with Crippen molar-refractivity contribution >= 4 is 34.0 Å². The number of fused-ring (bicyclic) bond motifs is 2. The number of hydrogen-bond acceptors (Lipinski definition) is 12. The number of rotatable bonds is 20. The number of esters is 2. The quantitative estimate of drug-likeness (QED) is 0.0694. The third-order valence-electron chi connectivity index (χ3n) is 13.1. The summed E-state index contributed by atoms with van der Waals surface area (Å²) < 4.78 is 29.4. The Labute approximate surface area is 436 Å². The van der Waals surface area contributed by atoms with E-state index in [4.69, 9.17) is 28.9 Å². The van der Waals surface area contributed by atoms with Crippen molar-refractivity contribution in [2.24, 2.45) is 36.8 Å². The van der Waals surface area contributed by atoms with Gasteiger partial charge in [-0.2, -0.15) is 0 Å². The standard InChI is InChI=1S/2C29H41N3O5/c2*1-18-13-22(16-31(7)27(18)34)26-30-24-14-21(10-12-25(24)32(26)15-19(2)36-8)9-11-23(20(3)33)28(35)37-17-29(4,5)6/h2*10,12-14,16,19-20,23,33H,9,11,15,17H2,1-8H3/t2*19?,20-,23+/m11/s1. The van der Waals surface area contributed by atoms with Crippen LogP contribution in [0.25, 0.3) is 44.8 Å². The van der Waals surface area contributed by atoms with E-state index in [0.29, 0.717) is 63.1 Å². The van der Waals surface area contributed by atoms with Gasteiger partial charge in [-0.1, -0.05) is 53.7 Å². The van der Waals surface area contributed by atoms with Crippen molar-refractivity contribution in [1.82, 2.24) is 28.2 Å². The molecule has 0 aliphatic carbocycles. The molecule has 2 aromatic carbocycles. The van der Waals surface area contributed by atoms with Gasteiger partial charge in [-0.15, -0.1) is 0 Å². The molecule has 2 unspecified atom stereocenters. The van der Waals surface area contributed by atoms with E-state index in [2.05, 4.69) is 9.13 Å². The second-order valence-corrected chi connectivity index (χ2v) is 22.6. The minimum atomic E-state index is -0.800. The monoisotopic (exact) mass is 1020 g/mol. The molecule has 6 atom stereocenters. The molecule has 0 aliphatic heterocycles. The van der Waals surface area contributed by atoms with Crippen LogP contribution in [0.1, 0.15) is 104 Å². The van der Waals surface area contributed by atoms with E-state index in [9.17, 15) is 29.4 Å². The smallest absolute Gasteiger partial charge is 0.311 e. The van der Waals surface area contributed by atoms with E-state index in [0.717, 1.165) is 56.0 Å². The molecule has 0 aliphatic rings. The first-order valence-electron chi connectivity index (χ1n) is 25.7. The van der Waals surface area contributed by atoms with Gasteiger partial charge in [0, 0.05) is 63.0 Å². The fraction of sp³-hybridized carbons (Fsp3) is 0.552. The van der Waals surface area contributed by atoms with Gasteiger partial charge in [-0.05, 0) is 126 Å². The maximum atomic E-state index is 12.6. The van der Waals surface area contributed by atoms with Gasteiger partial charge in [0.25, 0.3) is 11.1 Å². The SMILES string of the molecule is COC(C)Cn1c(-c2cc(C)c(=O)n(C)c2)nc2cc(CC[C@H](C(=O)OCC(C)(C)C)[C@@H](C)O)ccc21.COC(C)Cn1c(-c2cc(C)c(=O)n(C)c2)nc2cc(CC[C@H](C(=O)OCC(C)(C)C)[C@@H](C)O)ccc21. The van der Waals surface area contributed by atoms with Crippen LogP contribution >= 0.6 is 0 Å². The number of methoxy groups -OCH3 is 2. The van der Waals surface area contributed by atoms with E-state index in [1.54, 1.807) is 65.1 Å². The first-order chi connectivity index (χ1) is 34.6. The number of hydrogen-bond donors (Lipinski definition) is 2. The summed E-state index contributed by atoms with van der Waals surface area (Å²) in [7, 11) is 6.85. The Bertz CT molecular complexity index is 2750. The normalized spacial score (nSPS) is 14.5. The lowest BCUT2D eigenvalue weighted by Gasteiger charge is -2.23. The molecule has 2 N–H and O–H groups in total. The lowest BCUT2D eigenvalue weighted by atomic mass is 9.94. The Morgan fingerprint density at radius 3 is 1.24 bits per heavy atom. The van der Waals surface area contributed by atoms with Gasteiger partial charge < -0.3 is 47.4 Å². The molecule has 0 radical (unpaired) electrons. The van der Waals surface area contributed by atoms with Gasteiger partial charge in [0.05, 0.1) is 84.6 Å². The number of carbonyl (C=O) groups is 2. The molecule has 4 aromatic heterocycles. The van der Waals surface area contributed by atoms with E-state index in [1.807, 2.05) is 116 Å². The molecule has 6 aromatic rings. The Balaban J connectivity index is 0.000000274. The van der Waals surface area contributed by atoms with Gasteiger partial charge in [0.1, 0.15) is 11.6 Å². The maximum Gasteiger partial charge on any atom is 0.311 e. The zero-order valence-electron chi connectivity index (χ0n) is 46.7. The summed E-state index contributed by atoms with van der Waals surface area (Å²) in [5, 5.41) is 20.5. The van der Waals surface area contributed by atoms with Gasteiger partial charge in [-0.3, -0.25) is 19.2 Å². The van der Waals surface area contributed by atoms with Gasteiger partial charge >= 0.3 is 11.9 Å². The number of aryl methyl sites for hydroxylation is 6. The maximum absolute atomic E-state index is 12.6. The zero-order valence-corrected chi connectivity index (χ0v) is 46.7. The highest BCUT2D eigenvalue weighted by molar-refractivity contribution is 5.83. The molecule has 0 fully saturated rings. The Morgan fingerprint density at radius 1 is 0.595 bits per heavy atom. The molecule has 0 spiro atoms. The Kier molecular flexibility index (Phi) is 20.0. The lowest BCUT2D eigenvalue weighted by Crippen LogP contribution is -2.30. The van der Waals surface area contributed by atoms with E-state index < -0.39 is 24.0 Å². The number of carbonyl (C=O) groups excluding carboxylic acids is 2. The van der Waals surface area contributed by atoms with Gasteiger partial charge in [0.2, 0.25) is 0 Å². The van der Waals surface area contributed by atoms with E-state index >= 15 is 0 Å². The van der Waals surface area contributed by atoms with Crippen LogP contribution < -0.4 is 11.1 Å². The summed E-state index contributed by atoms with van der Waals surface area (Å²) in [4.78, 5) is 59.7. The average Bonchev–Trinajstić information content (AvgIpc) is 3.87. The minimum absolute atomic E-state index is 0.0321. The third-order valence-corrected chi connectivity index (χ3v) is 13.1. The van der Waals surface area contributed by atoms with Gasteiger partial charge in [-0.25, -0.2) is 9.97 Å². The van der Waals surface area contributed by atoms with E-state index in [-0.39, 0.29) is 46.1 Å². The molecule has 404 valence electrons. The Morgan fingerprint density at radius 2 is 0.946 bits per heavy atom. The summed E-state index contributed by atoms with van der Waals surface area (Å²) in [6.07, 6.45) is 4.10. The van der Waals surface area contributed by atoms with Crippen molar-refractivity contribution in [3.63, 3.8) is 0 Å². The molecular weight excluding hydrogens is 941 g/mol. The summed E-state index contributed by atoms with van der Waals surface area (Å²) in [5.74, 6) is -0.387. The molecule has 6 rings (SSSR count). The number of aliphatic hydroxyl groups is 2. The van der Waals surface area contributed by atoms with Crippen LogP contribution in [-0.4, -0.2) is 102 Å². The topological polar surface area (TPSA) is 191 Å². The van der Waals surface area contributed by atoms with Crippen molar-refractivity contribution in [2.75, 3.05) is 27.4 Å². The van der Waals surface area contributed by atoms with Crippen molar-refractivity contribution in [1.29, 1.82) is 0 Å². The summed E-state index contributed by atoms with van der Waals surface area (Å²) >= 11 is 0. The fourth-order valence-corrected chi connectivity index (χ4v) is 8.68. The van der Waals surface area contributed by atoms with Crippen LogP contribution in [0, 0.1) is 36.5 Å². The molecule has 74 heavy (non-hydrogen) atoms. The number of imidazole rings is 2. The van der Waals surface area contributed by atoms with Crippen molar-refractivity contribution in [3.8, 4) is 22.8 Å². The molecule has 0 bridgehead atoms. The lowest BCUT2D eigenvalue weighted by molar-refractivity contribution is -0.156. The molecule has 0 saturated heterocycles. The highest BCUT2D eigenvalue weighted by Crippen LogP contribution is 2.30. The summed E-state index contributed by atoms with van der Waals surface area (Å²) in [5.41, 5.74) is 8.31. The highest BCUT2D eigenvalue weighted by atomic mass is 16.5. The Hall–Kier alpha value is -5.94. The number of benzene rings is 2. The van der Waals surface area contributed by atoms with Crippen molar-refractivity contribution in [3.05, 3.63) is 104 Å². The largest absolute Gasteiger partial charge is 0.465 e. The zero-order chi connectivity index (χ0) is 55.0. The predicted molar refractivity (Wildman–Crippen MR) is 291 cm³/mol. The summed E-state index contributed by atoms with van der Waals surface area (Å²) in [6.45, 7) is 24.7. The molecular formula is C58H82N6O10. The second-order valence-electron chi connectivity index (χ2n) is 22.6. The van der Waals surface area contributed by atoms with Crippen LogP contribution in [0.2, 0.25) is 0 Å². The third kappa shape index (κ3) is 15.6. The summed E-state index contributed by atoms with van der Waals surface area (Å²) in [6, 6.07) is 15.9. The van der Waals surface area contributed by atoms with Crippen molar-refractivity contribution in [2.45, 2.75) is 146 Å². The van der Waals surface area contributed by atoms with Crippen LogP contribution in [0.3, 0.4) is 0 Å². The van der Waals surface area contributed by atoms with Crippen LogP contribution in [-0.2, 0) is 68.6 Å². The number of aromatic nitrogens is 6. The number of aliphatic hydroxyl groups excluding tert-OH is 2. The van der Waals surface area contributed by atoms with Crippen LogP contribution in [0.4, 0.5) is 0 Å². The number of ether oxygens (including phenoxy) is 4. The first-order valence-corrected chi connectivity index (χ1v) is 25.7. The van der Waals surface area contributed by atoms with Crippen LogP contribution in [0.15, 0.2) is 70.5 Å². The minimum Gasteiger partial charge on any atom is -0.465 e. The van der Waals surface area contributed by atoms with Crippen molar-refractivity contribution < 1.29 is 38.7 Å². The number of nitrogens with zero attached hydrogens (tertiary/aromatic N) is 6. The van der Waals surface area contributed by atoms with E-state index in [1.165, 1.54) is 0 Å². The van der Waals surface area contributed by atoms with Gasteiger partial charge in [0.15, 0.2) is 0 Å². The fourth-order valence-electron chi connectivity index (χ4n) is 8.68. The average molecular weight is 1020 g/mol.